The van der Waals surface area contributed by atoms with Crippen LogP contribution in [0, 0.1) is 0 Å². The summed E-state index contributed by atoms with van der Waals surface area (Å²) in [6, 6.07) is 10.1. The van der Waals surface area contributed by atoms with E-state index in [1.54, 1.807) is 11.8 Å². The Morgan fingerprint density at radius 2 is 2.06 bits per heavy atom. The van der Waals surface area contributed by atoms with E-state index in [1.807, 2.05) is 18.2 Å². The predicted octanol–water partition coefficient (Wildman–Crippen LogP) is 1.95. The molecular formula is C14H19NO2S. The second-order valence-corrected chi connectivity index (χ2v) is 5.82. The Morgan fingerprint density at radius 1 is 1.33 bits per heavy atom. The summed E-state index contributed by atoms with van der Waals surface area (Å²) in [5, 5.41) is 12.6. The SMILES string of the molecule is O=C(CSCc1ccccc1)NCC1(O)CCC1. The predicted molar refractivity (Wildman–Crippen MR) is 74.4 cm³/mol. The number of hydrogen-bond acceptors (Lipinski definition) is 3. The van der Waals surface area contributed by atoms with Crippen molar-refractivity contribution in [1.82, 2.24) is 5.32 Å². The topological polar surface area (TPSA) is 49.3 Å². The summed E-state index contributed by atoms with van der Waals surface area (Å²) >= 11 is 1.60. The normalized spacial score (nSPS) is 16.9. The molecule has 0 spiro atoms. The number of hydrogen-bond donors (Lipinski definition) is 2. The highest BCUT2D eigenvalue weighted by molar-refractivity contribution is 7.99. The van der Waals surface area contributed by atoms with Crippen LogP contribution in [0.4, 0.5) is 0 Å². The summed E-state index contributed by atoms with van der Waals surface area (Å²) in [5.41, 5.74) is 0.604. The van der Waals surface area contributed by atoms with Gasteiger partial charge < -0.3 is 10.4 Å². The van der Waals surface area contributed by atoms with E-state index in [2.05, 4.69) is 17.4 Å². The number of carbonyl (C=O) groups excluding carboxylic acids is 1. The second kappa shape index (κ2) is 6.25. The average molecular weight is 265 g/mol. The van der Waals surface area contributed by atoms with Crippen LogP contribution in [0.15, 0.2) is 30.3 Å². The fourth-order valence-electron chi connectivity index (χ4n) is 1.91. The third-order valence-corrected chi connectivity index (χ3v) is 4.25. The van der Waals surface area contributed by atoms with E-state index in [0.29, 0.717) is 12.3 Å². The quantitative estimate of drug-likeness (QED) is 0.826. The van der Waals surface area contributed by atoms with Crippen molar-refractivity contribution >= 4 is 17.7 Å². The van der Waals surface area contributed by atoms with Crippen LogP contribution in [0.2, 0.25) is 0 Å². The van der Waals surface area contributed by atoms with Crippen LogP contribution >= 0.6 is 11.8 Å². The van der Waals surface area contributed by atoms with E-state index in [9.17, 15) is 9.90 Å². The first-order valence-corrected chi connectivity index (χ1v) is 7.44. The third-order valence-electron chi connectivity index (χ3n) is 3.24. The first kappa shape index (κ1) is 13.4. The average Bonchev–Trinajstić information content (AvgIpc) is 2.35. The largest absolute Gasteiger partial charge is 0.388 e. The number of carbonyl (C=O) groups is 1. The second-order valence-electron chi connectivity index (χ2n) is 4.83. The van der Waals surface area contributed by atoms with Gasteiger partial charge >= 0.3 is 0 Å². The molecule has 1 aromatic rings. The van der Waals surface area contributed by atoms with Gasteiger partial charge in [0.25, 0.3) is 0 Å². The van der Waals surface area contributed by atoms with Crippen molar-refractivity contribution in [1.29, 1.82) is 0 Å². The van der Waals surface area contributed by atoms with Crippen molar-refractivity contribution in [3.05, 3.63) is 35.9 Å². The van der Waals surface area contributed by atoms with Gasteiger partial charge in [0.1, 0.15) is 0 Å². The van der Waals surface area contributed by atoms with Crippen LogP contribution < -0.4 is 5.32 Å². The number of rotatable bonds is 6. The molecule has 98 valence electrons. The molecule has 2 N–H and O–H groups in total. The van der Waals surface area contributed by atoms with Crippen LogP contribution in [0.1, 0.15) is 24.8 Å². The molecule has 18 heavy (non-hydrogen) atoms. The molecule has 0 aromatic heterocycles. The van der Waals surface area contributed by atoms with E-state index in [0.717, 1.165) is 25.0 Å². The number of aliphatic hydroxyl groups is 1. The third kappa shape index (κ3) is 4.03. The molecular weight excluding hydrogens is 246 g/mol. The summed E-state index contributed by atoms with van der Waals surface area (Å²) in [5.74, 6) is 1.31. The van der Waals surface area contributed by atoms with Crippen molar-refractivity contribution in [3.8, 4) is 0 Å². The van der Waals surface area contributed by atoms with Gasteiger partial charge in [-0.15, -0.1) is 11.8 Å². The minimum absolute atomic E-state index is 0.0104. The zero-order chi connectivity index (χ0) is 12.8. The number of amides is 1. The maximum absolute atomic E-state index is 11.6. The molecule has 1 aliphatic carbocycles. The first-order chi connectivity index (χ1) is 8.68. The van der Waals surface area contributed by atoms with Crippen LogP contribution in [0.25, 0.3) is 0 Å². The molecule has 0 unspecified atom stereocenters. The molecule has 1 fully saturated rings. The maximum Gasteiger partial charge on any atom is 0.230 e. The Morgan fingerprint density at radius 3 is 2.67 bits per heavy atom. The van der Waals surface area contributed by atoms with E-state index >= 15 is 0 Å². The molecule has 0 atom stereocenters. The van der Waals surface area contributed by atoms with Gasteiger partial charge in [0.2, 0.25) is 5.91 Å². The summed E-state index contributed by atoms with van der Waals surface area (Å²) in [7, 11) is 0. The molecule has 1 saturated carbocycles. The zero-order valence-corrected chi connectivity index (χ0v) is 11.2. The standard InChI is InChI=1S/C14H19NO2S/c16-13(15-11-14(17)7-4-8-14)10-18-9-12-5-2-1-3-6-12/h1-3,5-6,17H,4,7-11H2,(H,15,16). The van der Waals surface area contributed by atoms with Gasteiger partial charge in [-0.3, -0.25) is 4.79 Å². The molecule has 1 aliphatic rings. The van der Waals surface area contributed by atoms with Gasteiger partial charge in [0.15, 0.2) is 0 Å². The lowest BCUT2D eigenvalue weighted by atomic mass is 9.80. The molecule has 1 amide bonds. The molecule has 0 heterocycles. The van der Waals surface area contributed by atoms with Crippen molar-refractivity contribution in [2.24, 2.45) is 0 Å². The van der Waals surface area contributed by atoms with Crippen LogP contribution in [0.5, 0.6) is 0 Å². The summed E-state index contributed by atoms with van der Waals surface area (Å²) < 4.78 is 0. The minimum Gasteiger partial charge on any atom is -0.388 e. The molecule has 1 aromatic carbocycles. The van der Waals surface area contributed by atoms with Crippen LogP contribution in [-0.4, -0.2) is 28.9 Å². The van der Waals surface area contributed by atoms with E-state index < -0.39 is 5.60 Å². The Hall–Kier alpha value is -1.00. The Bertz CT molecular complexity index is 390. The highest BCUT2D eigenvalue weighted by Crippen LogP contribution is 2.30. The summed E-state index contributed by atoms with van der Waals surface area (Å²) in [6.07, 6.45) is 2.68. The lowest BCUT2D eigenvalue weighted by Crippen LogP contribution is -2.48. The smallest absolute Gasteiger partial charge is 0.230 e. The van der Waals surface area contributed by atoms with Gasteiger partial charge in [-0.2, -0.15) is 0 Å². The number of thioether (sulfide) groups is 1. The van der Waals surface area contributed by atoms with Crippen molar-refractivity contribution in [2.45, 2.75) is 30.6 Å². The summed E-state index contributed by atoms with van der Waals surface area (Å²) in [4.78, 5) is 11.6. The molecule has 0 saturated heterocycles. The van der Waals surface area contributed by atoms with Gasteiger partial charge in [0.05, 0.1) is 11.4 Å². The first-order valence-electron chi connectivity index (χ1n) is 6.29. The van der Waals surface area contributed by atoms with Crippen LogP contribution in [-0.2, 0) is 10.5 Å². The Kier molecular flexibility index (Phi) is 4.66. The minimum atomic E-state index is -0.625. The lowest BCUT2D eigenvalue weighted by Gasteiger charge is -2.36. The monoisotopic (exact) mass is 265 g/mol. The highest BCUT2D eigenvalue weighted by atomic mass is 32.2. The molecule has 2 rings (SSSR count). The van der Waals surface area contributed by atoms with Gasteiger partial charge in [-0.25, -0.2) is 0 Å². The number of benzene rings is 1. The van der Waals surface area contributed by atoms with Crippen LogP contribution in [0.3, 0.4) is 0 Å². The maximum atomic E-state index is 11.6. The Balaban J connectivity index is 1.60. The molecule has 0 bridgehead atoms. The van der Waals surface area contributed by atoms with Gasteiger partial charge in [-0.1, -0.05) is 30.3 Å². The van der Waals surface area contributed by atoms with Crippen molar-refractivity contribution in [3.63, 3.8) is 0 Å². The zero-order valence-electron chi connectivity index (χ0n) is 10.4. The number of nitrogens with one attached hydrogen (secondary N) is 1. The fourth-order valence-corrected chi connectivity index (χ4v) is 2.73. The van der Waals surface area contributed by atoms with Crippen molar-refractivity contribution < 1.29 is 9.90 Å². The lowest BCUT2D eigenvalue weighted by molar-refractivity contribution is -0.121. The fraction of sp³-hybridized carbons (Fsp3) is 0.500. The van der Waals surface area contributed by atoms with Gasteiger partial charge in [0, 0.05) is 12.3 Å². The Labute approximate surface area is 112 Å². The highest BCUT2D eigenvalue weighted by Gasteiger charge is 2.34. The molecule has 0 radical (unpaired) electrons. The molecule has 3 nitrogen and oxygen atoms in total. The molecule has 0 aliphatic heterocycles. The van der Waals surface area contributed by atoms with Crippen molar-refractivity contribution in [2.75, 3.05) is 12.3 Å². The van der Waals surface area contributed by atoms with E-state index in [4.69, 9.17) is 0 Å². The van der Waals surface area contributed by atoms with Gasteiger partial charge in [-0.05, 0) is 24.8 Å². The van der Waals surface area contributed by atoms with E-state index in [1.165, 1.54) is 5.56 Å². The van der Waals surface area contributed by atoms with E-state index in [-0.39, 0.29) is 5.91 Å². The summed E-state index contributed by atoms with van der Waals surface area (Å²) in [6.45, 7) is 0.401. The molecule has 4 heteroatoms.